The molecule has 1 aromatic rings. The van der Waals surface area contributed by atoms with E-state index in [1.807, 2.05) is 31.4 Å². The monoisotopic (exact) mass is 319 g/mol. The number of aliphatic imine (C=N–C) groups is 1. The van der Waals surface area contributed by atoms with Crippen LogP contribution in [0.5, 0.6) is 5.75 Å². The summed E-state index contributed by atoms with van der Waals surface area (Å²) in [6.07, 6.45) is 9.15. The number of allylic oxidation sites excluding steroid dienone is 2. The number of nitriles is 1. The molecule has 3 rings (SSSR count). The Balaban J connectivity index is 2.14. The molecule has 0 N–H and O–H groups in total. The number of fused-ring (bicyclic) bond motifs is 1. The van der Waals surface area contributed by atoms with Crippen molar-refractivity contribution in [1.29, 1.82) is 5.26 Å². The van der Waals surface area contributed by atoms with E-state index in [1.54, 1.807) is 36.4 Å². The molecule has 1 amide bonds. The first-order valence-corrected chi connectivity index (χ1v) is 7.65. The van der Waals surface area contributed by atoms with Gasteiger partial charge in [0.15, 0.2) is 6.04 Å². The Labute approximate surface area is 140 Å². The van der Waals surface area contributed by atoms with Gasteiger partial charge in [0.05, 0.1) is 18.7 Å². The number of amides is 1. The number of hydrogen-bond acceptors (Lipinski definition) is 4. The number of benzene rings is 1. The lowest BCUT2D eigenvalue weighted by molar-refractivity contribution is -0.128. The van der Waals surface area contributed by atoms with Crippen molar-refractivity contribution >= 4 is 17.7 Å². The van der Waals surface area contributed by atoms with E-state index in [0.29, 0.717) is 17.9 Å². The third kappa shape index (κ3) is 2.63. The topological polar surface area (TPSA) is 65.7 Å². The molecule has 0 fully saturated rings. The van der Waals surface area contributed by atoms with Crippen LogP contribution in [-0.4, -0.2) is 36.7 Å². The molecule has 0 bridgehead atoms. The molecule has 1 atom stereocenters. The SMILES string of the molecule is CC=CCN1C=C(c2cc(C#N)ccc2OC)C2=CC=NC2C1=O. The second kappa shape index (κ2) is 6.55. The van der Waals surface area contributed by atoms with Crippen LogP contribution < -0.4 is 4.74 Å². The Hall–Kier alpha value is -3.13. The molecule has 0 saturated heterocycles. The fourth-order valence-electron chi connectivity index (χ4n) is 2.84. The molecular formula is C19H17N3O2. The van der Waals surface area contributed by atoms with Gasteiger partial charge in [-0.3, -0.25) is 9.79 Å². The molecule has 0 spiro atoms. The summed E-state index contributed by atoms with van der Waals surface area (Å²) in [4.78, 5) is 18.5. The molecular weight excluding hydrogens is 302 g/mol. The van der Waals surface area contributed by atoms with Crippen molar-refractivity contribution in [3.8, 4) is 11.8 Å². The van der Waals surface area contributed by atoms with Crippen LogP contribution in [0.25, 0.3) is 5.57 Å². The Kier molecular flexibility index (Phi) is 4.30. The first kappa shape index (κ1) is 15.8. The highest BCUT2D eigenvalue weighted by Crippen LogP contribution is 2.38. The van der Waals surface area contributed by atoms with Gasteiger partial charge >= 0.3 is 0 Å². The molecule has 2 aliphatic heterocycles. The van der Waals surface area contributed by atoms with E-state index in [2.05, 4.69) is 11.1 Å². The molecule has 5 heteroatoms. The van der Waals surface area contributed by atoms with Crippen LogP contribution in [0.3, 0.4) is 0 Å². The van der Waals surface area contributed by atoms with Crippen LogP contribution in [-0.2, 0) is 4.79 Å². The van der Waals surface area contributed by atoms with Crippen molar-refractivity contribution < 1.29 is 9.53 Å². The van der Waals surface area contributed by atoms with Gasteiger partial charge in [-0.1, -0.05) is 12.2 Å². The molecule has 24 heavy (non-hydrogen) atoms. The molecule has 5 nitrogen and oxygen atoms in total. The minimum Gasteiger partial charge on any atom is -0.496 e. The first-order chi connectivity index (χ1) is 11.7. The number of methoxy groups -OCH3 is 1. The average Bonchev–Trinajstić information content (AvgIpc) is 3.11. The van der Waals surface area contributed by atoms with Crippen molar-refractivity contribution in [2.24, 2.45) is 4.99 Å². The Morgan fingerprint density at radius 2 is 2.29 bits per heavy atom. The summed E-state index contributed by atoms with van der Waals surface area (Å²) in [6, 6.07) is 6.89. The van der Waals surface area contributed by atoms with Crippen LogP contribution in [0.2, 0.25) is 0 Å². The lowest BCUT2D eigenvalue weighted by Crippen LogP contribution is -2.39. The first-order valence-electron chi connectivity index (χ1n) is 7.65. The summed E-state index contributed by atoms with van der Waals surface area (Å²) in [6.45, 7) is 2.40. The smallest absolute Gasteiger partial charge is 0.256 e. The fourth-order valence-corrected chi connectivity index (χ4v) is 2.84. The fraction of sp³-hybridized carbons (Fsp3) is 0.211. The summed E-state index contributed by atoms with van der Waals surface area (Å²) in [5.74, 6) is 0.611. The minimum absolute atomic E-state index is 0.0488. The highest BCUT2D eigenvalue weighted by molar-refractivity contribution is 6.04. The second-order valence-corrected chi connectivity index (χ2v) is 5.45. The molecule has 120 valence electrons. The number of hydrogen-bond donors (Lipinski definition) is 0. The average molecular weight is 319 g/mol. The van der Waals surface area contributed by atoms with E-state index in [9.17, 15) is 10.1 Å². The molecule has 2 heterocycles. The van der Waals surface area contributed by atoms with Gasteiger partial charge in [-0.15, -0.1) is 0 Å². The molecule has 0 saturated carbocycles. The molecule has 2 aliphatic rings. The van der Waals surface area contributed by atoms with Crippen molar-refractivity contribution in [1.82, 2.24) is 4.90 Å². The van der Waals surface area contributed by atoms with Crippen molar-refractivity contribution in [2.75, 3.05) is 13.7 Å². The predicted molar refractivity (Wildman–Crippen MR) is 92.6 cm³/mol. The third-order valence-corrected chi connectivity index (χ3v) is 4.05. The third-order valence-electron chi connectivity index (χ3n) is 4.05. The van der Waals surface area contributed by atoms with Crippen LogP contribution in [0.15, 0.2) is 53.2 Å². The summed E-state index contributed by atoms with van der Waals surface area (Å²) in [7, 11) is 1.59. The lowest BCUT2D eigenvalue weighted by atomic mass is 9.89. The van der Waals surface area contributed by atoms with Gasteiger partial charge in [0.1, 0.15) is 5.75 Å². The Bertz CT molecular complexity index is 841. The molecule has 0 aliphatic carbocycles. The zero-order valence-electron chi connectivity index (χ0n) is 13.6. The van der Waals surface area contributed by atoms with Crippen molar-refractivity contribution in [3.63, 3.8) is 0 Å². The van der Waals surface area contributed by atoms with Crippen molar-refractivity contribution in [3.05, 3.63) is 59.3 Å². The predicted octanol–water partition coefficient (Wildman–Crippen LogP) is 2.71. The summed E-state index contributed by atoms with van der Waals surface area (Å²) < 4.78 is 5.45. The number of carbonyl (C=O) groups excluding carboxylic acids is 1. The van der Waals surface area contributed by atoms with Crippen LogP contribution in [0.4, 0.5) is 0 Å². The Morgan fingerprint density at radius 3 is 3.00 bits per heavy atom. The number of carbonyl (C=O) groups is 1. The van der Waals surface area contributed by atoms with Gasteiger partial charge in [-0.05, 0) is 36.8 Å². The van der Waals surface area contributed by atoms with Gasteiger partial charge in [-0.2, -0.15) is 5.26 Å². The highest BCUT2D eigenvalue weighted by atomic mass is 16.5. The summed E-state index contributed by atoms with van der Waals surface area (Å²) in [5, 5.41) is 9.20. The number of ether oxygens (including phenoxy) is 1. The summed E-state index contributed by atoms with van der Waals surface area (Å²) in [5.41, 5.74) is 3.02. The summed E-state index contributed by atoms with van der Waals surface area (Å²) >= 11 is 0. The van der Waals surface area contributed by atoms with Gasteiger partial charge < -0.3 is 9.64 Å². The van der Waals surface area contributed by atoms with Crippen molar-refractivity contribution in [2.45, 2.75) is 13.0 Å². The zero-order valence-corrected chi connectivity index (χ0v) is 13.6. The second-order valence-electron chi connectivity index (χ2n) is 5.45. The maximum atomic E-state index is 12.6. The van der Waals surface area contributed by atoms with Gasteiger partial charge in [0, 0.05) is 30.1 Å². The van der Waals surface area contributed by atoms with E-state index in [4.69, 9.17) is 4.74 Å². The molecule has 0 radical (unpaired) electrons. The highest BCUT2D eigenvalue weighted by Gasteiger charge is 2.35. The molecule has 0 aromatic heterocycles. The number of rotatable bonds is 4. The zero-order chi connectivity index (χ0) is 17.1. The van der Waals surface area contributed by atoms with Gasteiger partial charge in [0.2, 0.25) is 0 Å². The molecule has 1 aromatic carbocycles. The maximum absolute atomic E-state index is 12.6. The standard InChI is InChI=1S/C19H17N3O2/c1-3-4-9-22-12-16(14-7-8-21-18(14)19(22)23)15-10-13(11-20)5-6-17(15)24-2/h3-8,10,12,18H,9H2,1-2H3. The van der Waals surface area contributed by atoms with E-state index >= 15 is 0 Å². The van der Waals surface area contributed by atoms with E-state index in [-0.39, 0.29) is 5.91 Å². The van der Waals surface area contributed by atoms with E-state index in [1.165, 1.54) is 0 Å². The maximum Gasteiger partial charge on any atom is 0.256 e. The van der Waals surface area contributed by atoms with Crippen LogP contribution in [0.1, 0.15) is 18.1 Å². The van der Waals surface area contributed by atoms with Crippen LogP contribution in [0, 0.1) is 11.3 Å². The van der Waals surface area contributed by atoms with Crippen LogP contribution >= 0.6 is 0 Å². The lowest BCUT2D eigenvalue weighted by Gasteiger charge is -2.29. The normalized spacial score (nSPS) is 19.1. The molecule has 1 unspecified atom stereocenters. The minimum atomic E-state index is -0.522. The van der Waals surface area contributed by atoms with E-state index < -0.39 is 6.04 Å². The largest absolute Gasteiger partial charge is 0.496 e. The van der Waals surface area contributed by atoms with E-state index in [0.717, 1.165) is 16.7 Å². The number of nitrogens with zero attached hydrogens (tertiary/aromatic N) is 3. The van der Waals surface area contributed by atoms with Gasteiger partial charge in [0.25, 0.3) is 5.91 Å². The van der Waals surface area contributed by atoms with Gasteiger partial charge in [-0.25, -0.2) is 0 Å². The Morgan fingerprint density at radius 1 is 1.46 bits per heavy atom. The quantitative estimate of drug-likeness (QED) is 0.801.